The lowest BCUT2D eigenvalue weighted by Gasteiger charge is -2.05. The van der Waals surface area contributed by atoms with Gasteiger partial charge in [0, 0.05) is 7.05 Å². The van der Waals surface area contributed by atoms with Crippen molar-refractivity contribution in [3.63, 3.8) is 0 Å². The van der Waals surface area contributed by atoms with Crippen molar-refractivity contribution in [1.29, 1.82) is 0 Å². The van der Waals surface area contributed by atoms with E-state index in [1.54, 1.807) is 7.05 Å². The lowest BCUT2D eigenvalue weighted by atomic mass is 10.3. The number of tetrazole rings is 1. The summed E-state index contributed by atoms with van der Waals surface area (Å²) in [5.41, 5.74) is 0.158. The van der Waals surface area contributed by atoms with E-state index in [-0.39, 0.29) is 21.6 Å². The molecule has 0 aliphatic carbocycles. The number of rotatable bonds is 2. The van der Waals surface area contributed by atoms with Crippen LogP contribution in [-0.4, -0.2) is 38.7 Å². The third-order valence-corrected chi connectivity index (χ3v) is 2.89. The van der Waals surface area contributed by atoms with Crippen molar-refractivity contribution in [2.75, 3.05) is 0 Å². The summed E-state index contributed by atoms with van der Waals surface area (Å²) in [6.45, 7) is 0. The molecule has 16 heavy (non-hydrogen) atoms. The molecular weight excluding hydrogens is 256 g/mol. The van der Waals surface area contributed by atoms with Crippen molar-refractivity contribution < 1.29 is 8.76 Å². The summed E-state index contributed by atoms with van der Waals surface area (Å²) in [4.78, 5) is 1.20. The lowest BCUT2D eigenvalue weighted by Crippen LogP contribution is -2.01. The minimum Gasteiger partial charge on any atom is -0.767 e. The Morgan fingerprint density at radius 1 is 1.38 bits per heavy atom. The first-order valence-corrected chi connectivity index (χ1v) is 5.52. The molecule has 0 aromatic carbocycles. The molecule has 2 aromatic rings. The summed E-state index contributed by atoms with van der Waals surface area (Å²) in [6, 6.07) is 0. The molecule has 86 valence electrons. The monoisotopic (exact) mass is 261 g/mol. The van der Waals surface area contributed by atoms with Crippen LogP contribution in [0.5, 0.6) is 0 Å². The Bertz CT molecular complexity index is 563. The largest absolute Gasteiger partial charge is 0.767 e. The Kier molecular flexibility index (Phi) is 2.74. The highest BCUT2D eigenvalue weighted by Crippen LogP contribution is 2.29. The predicted octanol–water partition coefficient (Wildman–Crippen LogP) is -0.498. The fraction of sp³-hybridized carbons (Fsp3) is 0.333. The van der Waals surface area contributed by atoms with E-state index in [4.69, 9.17) is 11.6 Å². The van der Waals surface area contributed by atoms with Crippen LogP contribution in [0.3, 0.4) is 0 Å². The Hall–Kier alpha value is -1.32. The highest BCUT2D eigenvalue weighted by atomic mass is 35.5. The Balaban J connectivity index is 2.68. The van der Waals surface area contributed by atoms with E-state index in [1.165, 1.54) is 11.8 Å². The maximum absolute atomic E-state index is 11.0. The zero-order chi connectivity index (χ0) is 11.9. The van der Waals surface area contributed by atoms with E-state index in [0.717, 1.165) is 4.68 Å². The molecule has 0 aliphatic rings. The van der Waals surface area contributed by atoms with E-state index >= 15 is 0 Å². The molecule has 0 radical (unpaired) electrons. The van der Waals surface area contributed by atoms with E-state index in [2.05, 4.69) is 20.5 Å². The molecule has 0 fully saturated rings. The Morgan fingerprint density at radius 2 is 2.06 bits per heavy atom. The van der Waals surface area contributed by atoms with Gasteiger partial charge in [-0.05, 0) is 16.3 Å². The van der Waals surface area contributed by atoms with Gasteiger partial charge in [-0.15, -0.1) is 10.2 Å². The summed E-state index contributed by atoms with van der Waals surface area (Å²) in [6.07, 6.45) is 0. The molecular formula is C6H6ClN6O2S-. The third-order valence-electron chi connectivity index (χ3n) is 1.84. The normalized spacial score (nSPS) is 13.0. The molecule has 2 aromatic heterocycles. The van der Waals surface area contributed by atoms with Crippen LogP contribution in [-0.2, 0) is 25.2 Å². The van der Waals surface area contributed by atoms with Gasteiger partial charge >= 0.3 is 0 Å². The van der Waals surface area contributed by atoms with E-state index in [9.17, 15) is 8.76 Å². The van der Waals surface area contributed by atoms with Gasteiger partial charge in [-0.25, -0.2) is 0 Å². The van der Waals surface area contributed by atoms with Gasteiger partial charge in [-0.1, -0.05) is 11.6 Å². The van der Waals surface area contributed by atoms with Gasteiger partial charge in [0.25, 0.3) is 0 Å². The maximum Gasteiger partial charge on any atom is 0.210 e. The smallest absolute Gasteiger partial charge is 0.210 e. The number of halogens is 1. The van der Waals surface area contributed by atoms with Crippen LogP contribution in [0, 0.1) is 0 Å². The summed E-state index contributed by atoms with van der Waals surface area (Å²) >= 11 is 3.34. The van der Waals surface area contributed by atoms with Crippen molar-refractivity contribution in [3.05, 3.63) is 5.15 Å². The molecule has 0 N–H and O–H groups in total. The van der Waals surface area contributed by atoms with Crippen LogP contribution in [0.15, 0.2) is 5.03 Å². The Morgan fingerprint density at radius 3 is 2.56 bits per heavy atom. The second-order valence-electron chi connectivity index (χ2n) is 2.93. The molecule has 10 heteroatoms. The molecule has 1 unspecified atom stereocenters. The Labute approximate surface area is 97.5 Å². The van der Waals surface area contributed by atoms with Crippen LogP contribution >= 0.6 is 11.6 Å². The minimum absolute atomic E-state index is 0.0229. The van der Waals surface area contributed by atoms with Crippen LogP contribution in [0.4, 0.5) is 0 Å². The SMILES string of the molecule is Cn1nnc(-c2c(Cl)nn(C)c2S(=O)[O-])n1. The number of aromatic nitrogens is 6. The average Bonchev–Trinajstić information content (AvgIpc) is 2.69. The highest BCUT2D eigenvalue weighted by molar-refractivity contribution is 7.79. The molecule has 8 nitrogen and oxygen atoms in total. The summed E-state index contributed by atoms with van der Waals surface area (Å²) < 4.78 is 23.2. The van der Waals surface area contributed by atoms with Gasteiger partial charge in [0.05, 0.1) is 12.6 Å². The molecule has 2 rings (SSSR count). The lowest BCUT2D eigenvalue weighted by molar-refractivity contribution is 0.523. The number of nitrogens with zero attached hydrogens (tertiary/aromatic N) is 6. The molecule has 2 heterocycles. The number of hydrogen-bond donors (Lipinski definition) is 0. The van der Waals surface area contributed by atoms with E-state index < -0.39 is 11.1 Å². The number of hydrogen-bond acceptors (Lipinski definition) is 6. The first-order chi connectivity index (χ1) is 7.50. The second kappa shape index (κ2) is 3.92. The van der Waals surface area contributed by atoms with Gasteiger partial charge in [0.2, 0.25) is 5.82 Å². The van der Waals surface area contributed by atoms with Gasteiger partial charge in [0.1, 0.15) is 5.03 Å². The standard InChI is InChI=1S/C6H7ClN6O2S/c1-12-6(16(14)15)3(4(7)9-12)5-8-11-13(2)10-5/h1-2H3,(H,14,15)/p-1. The van der Waals surface area contributed by atoms with Gasteiger partial charge in [-0.2, -0.15) is 9.90 Å². The van der Waals surface area contributed by atoms with Gasteiger partial charge < -0.3 is 4.55 Å². The zero-order valence-electron chi connectivity index (χ0n) is 8.29. The van der Waals surface area contributed by atoms with Gasteiger partial charge in [-0.3, -0.25) is 8.89 Å². The first-order valence-electron chi connectivity index (χ1n) is 4.07. The molecule has 1 atom stereocenters. The average molecular weight is 262 g/mol. The summed E-state index contributed by atoms with van der Waals surface area (Å²) in [5, 5.41) is 14.9. The van der Waals surface area contributed by atoms with Crippen LogP contribution in [0.25, 0.3) is 11.4 Å². The molecule has 0 spiro atoms. The zero-order valence-corrected chi connectivity index (χ0v) is 9.86. The highest BCUT2D eigenvalue weighted by Gasteiger charge is 2.21. The molecule has 0 saturated carbocycles. The predicted molar refractivity (Wildman–Crippen MR) is 53.2 cm³/mol. The van der Waals surface area contributed by atoms with Gasteiger partial charge in [0.15, 0.2) is 5.15 Å². The van der Waals surface area contributed by atoms with Crippen LogP contribution < -0.4 is 0 Å². The quantitative estimate of drug-likeness (QED) is 0.676. The minimum atomic E-state index is -2.47. The van der Waals surface area contributed by atoms with Crippen molar-refractivity contribution in [2.45, 2.75) is 5.03 Å². The fourth-order valence-electron chi connectivity index (χ4n) is 1.24. The molecule has 0 saturated heterocycles. The van der Waals surface area contributed by atoms with Crippen molar-refractivity contribution in [1.82, 2.24) is 30.0 Å². The molecule has 0 amide bonds. The topological polar surface area (TPSA) is 102 Å². The van der Waals surface area contributed by atoms with Crippen molar-refractivity contribution in [3.8, 4) is 11.4 Å². The van der Waals surface area contributed by atoms with E-state index in [1.807, 2.05) is 0 Å². The third kappa shape index (κ3) is 1.72. The summed E-state index contributed by atoms with van der Waals surface area (Å²) in [7, 11) is 3.03. The van der Waals surface area contributed by atoms with Crippen molar-refractivity contribution in [2.24, 2.45) is 14.1 Å². The van der Waals surface area contributed by atoms with Crippen molar-refractivity contribution >= 4 is 22.7 Å². The second-order valence-corrected chi connectivity index (χ2v) is 4.15. The summed E-state index contributed by atoms with van der Waals surface area (Å²) in [5.74, 6) is 0.125. The molecule has 0 aliphatic heterocycles. The fourth-order valence-corrected chi connectivity index (χ4v) is 2.20. The van der Waals surface area contributed by atoms with E-state index in [0.29, 0.717) is 0 Å². The van der Waals surface area contributed by atoms with Crippen LogP contribution in [0.1, 0.15) is 0 Å². The molecule has 0 bridgehead atoms. The van der Waals surface area contributed by atoms with Crippen LogP contribution in [0.2, 0.25) is 5.15 Å². The number of aryl methyl sites for hydroxylation is 2. The maximum atomic E-state index is 11.0. The first kappa shape index (κ1) is 11.2.